The molecule has 0 aromatic heterocycles. The lowest BCUT2D eigenvalue weighted by atomic mass is 10.1. The third kappa shape index (κ3) is 4.98. The van der Waals surface area contributed by atoms with E-state index in [2.05, 4.69) is 22.0 Å². The van der Waals surface area contributed by atoms with Gasteiger partial charge in [-0.3, -0.25) is 9.69 Å². The van der Waals surface area contributed by atoms with Gasteiger partial charge in [-0.2, -0.15) is 0 Å². The first-order chi connectivity index (χ1) is 10.6. The van der Waals surface area contributed by atoms with Crippen molar-refractivity contribution in [2.75, 3.05) is 45.8 Å². The van der Waals surface area contributed by atoms with Gasteiger partial charge in [0.05, 0.1) is 12.6 Å². The van der Waals surface area contributed by atoms with Crippen LogP contribution in [0.2, 0.25) is 0 Å². The number of carbonyl (C=O) groups is 1. The molecule has 1 saturated heterocycles. The van der Waals surface area contributed by atoms with Crippen molar-refractivity contribution in [3.63, 3.8) is 0 Å². The quantitative estimate of drug-likeness (QED) is 0.699. The van der Waals surface area contributed by atoms with E-state index in [-0.39, 0.29) is 18.2 Å². The summed E-state index contributed by atoms with van der Waals surface area (Å²) in [7, 11) is 0. The molecule has 3 N–H and O–H groups in total. The highest BCUT2D eigenvalue weighted by molar-refractivity contribution is 5.78. The van der Waals surface area contributed by atoms with Crippen molar-refractivity contribution in [2.24, 2.45) is 0 Å². The minimum Gasteiger partial charge on any atom is -0.508 e. The van der Waals surface area contributed by atoms with E-state index < -0.39 is 6.10 Å². The molecule has 1 aromatic rings. The minimum absolute atomic E-state index is 0.0795. The SMILES string of the molecule is CCN1CCN(CC(=O)NCC(O)c2cccc(O)c2)CC1. The summed E-state index contributed by atoms with van der Waals surface area (Å²) in [5.74, 6) is 0.0285. The second-order valence-corrected chi connectivity index (χ2v) is 5.63. The normalized spacial score (nSPS) is 18.1. The van der Waals surface area contributed by atoms with Gasteiger partial charge in [-0.15, -0.1) is 0 Å². The lowest BCUT2D eigenvalue weighted by Crippen LogP contribution is -2.49. The Balaban J connectivity index is 1.71. The molecule has 1 heterocycles. The number of nitrogens with one attached hydrogen (secondary N) is 1. The summed E-state index contributed by atoms with van der Waals surface area (Å²) in [4.78, 5) is 16.4. The Hall–Kier alpha value is -1.63. The van der Waals surface area contributed by atoms with Gasteiger partial charge in [0, 0.05) is 32.7 Å². The number of rotatable bonds is 6. The maximum absolute atomic E-state index is 11.9. The van der Waals surface area contributed by atoms with Crippen molar-refractivity contribution < 1.29 is 15.0 Å². The van der Waals surface area contributed by atoms with E-state index in [1.807, 2.05) is 0 Å². The van der Waals surface area contributed by atoms with Crippen LogP contribution in [0.25, 0.3) is 0 Å². The molecular weight excluding hydrogens is 282 g/mol. The predicted octanol–water partition coefficient (Wildman–Crippen LogP) is 0.179. The Morgan fingerprint density at radius 3 is 2.59 bits per heavy atom. The lowest BCUT2D eigenvalue weighted by Gasteiger charge is -2.33. The van der Waals surface area contributed by atoms with Gasteiger partial charge in [0.1, 0.15) is 5.75 Å². The van der Waals surface area contributed by atoms with E-state index in [9.17, 15) is 15.0 Å². The zero-order valence-electron chi connectivity index (χ0n) is 13.0. The fourth-order valence-electron chi connectivity index (χ4n) is 2.58. The summed E-state index contributed by atoms with van der Waals surface area (Å²) >= 11 is 0. The summed E-state index contributed by atoms with van der Waals surface area (Å²) in [6.45, 7) is 7.50. The van der Waals surface area contributed by atoms with Crippen LogP contribution in [0.5, 0.6) is 5.75 Å². The smallest absolute Gasteiger partial charge is 0.234 e. The zero-order valence-corrected chi connectivity index (χ0v) is 13.0. The van der Waals surface area contributed by atoms with Crippen LogP contribution in [0, 0.1) is 0 Å². The molecule has 6 heteroatoms. The summed E-state index contributed by atoms with van der Waals surface area (Å²) in [6.07, 6.45) is -0.812. The van der Waals surface area contributed by atoms with Crippen molar-refractivity contribution in [1.29, 1.82) is 0 Å². The van der Waals surface area contributed by atoms with Crippen LogP contribution >= 0.6 is 0 Å². The topological polar surface area (TPSA) is 76.0 Å². The first kappa shape index (κ1) is 16.7. The van der Waals surface area contributed by atoms with Crippen LogP contribution in [0.3, 0.4) is 0 Å². The Labute approximate surface area is 131 Å². The molecule has 1 fully saturated rings. The van der Waals surface area contributed by atoms with Crippen LogP contribution in [0.1, 0.15) is 18.6 Å². The lowest BCUT2D eigenvalue weighted by molar-refractivity contribution is -0.123. The molecule has 0 radical (unpaired) electrons. The van der Waals surface area contributed by atoms with Crippen molar-refractivity contribution in [3.05, 3.63) is 29.8 Å². The summed E-state index contributed by atoms with van der Waals surface area (Å²) in [6, 6.07) is 6.44. The van der Waals surface area contributed by atoms with Crippen LogP contribution < -0.4 is 5.32 Å². The number of aliphatic hydroxyl groups is 1. The molecule has 1 aliphatic heterocycles. The van der Waals surface area contributed by atoms with Gasteiger partial charge in [-0.25, -0.2) is 0 Å². The van der Waals surface area contributed by atoms with E-state index in [1.165, 1.54) is 6.07 Å². The van der Waals surface area contributed by atoms with E-state index in [0.29, 0.717) is 12.1 Å². The highest BCUT2D eigenvalue weighted by Crippen LogP contribution is 2.17. The average Bonchev–Trinajstić information content (AvgIpc) is 2.53. The Morgan fingerprint density at radius 2 is 1.95 bits per heavy atom. The van der Waals surface area contributed by atoms with Gasteiger partial charge in [-0.05, 0) is 24.2 Å². The number of aromatic hydroxyl groups is 1. The number of phenols is 1. The van der Waals surface area contributed by atoms with Crippen LogP contribution in [-0.4, -0.2) is 71.7 Å². The second-order valence-electron chi connectivity index (χ2n) is 5.63. The molecule has 1 amide bonds. The fourth-order valence-corrected chi connectivity index (χ4v) is 2.58. The molecule has 1 unspecified atom stereocenters. The van der Waals surface area contributed by atoms with Gasteiger partial charge in [-0.1, -0.05) is 19.1 Å². The Kier molecular flexibility index (Phi) is 6.18. The summed E-state index contributed by atoms with van der Waals surface area (Å²) in [5, 5.41) is 22.2. The molecule has 1 aromatic carbocycles. The van der Waals surface area contributed by atoms with Gasteiger partial charge >= 0.3 is 0 Å². The van der Waals surface area contributed by atoms with Crippen molar-refractivity contribution in [3.8, 4) is 5.75 Å². The van der Waals surface area contributed by atoms with Crippen LogP contribution in [0.4, 0.5) is 0 Å². The number of phenolic OH excluding ortho intramolecular Hbond substituents is 1. The van der Waals surface area contributed by atoms with E-state index in [4.69, 9.17) is 0 Å². The second kappa shape index (κ2) is 8.12. The molecule has 22 heavy (non-hydrogen) atoms. The molecule has 0 spiro atoms. The monoisotopic (exact) mass is 307 g/mol. The van der Waals surface area contributed by atoms with Gasteiger partial charge < -0.3 is 20.4 Å². The Bertz CT molecular complexity index is 487. The number of hydrogen-bond donors (Lipinski definition) is 3. The van der Waals surface area contributed by atoms with Crippen LogP contribution in [-0.2, 0) is 4.79 Å². The third-order valence-corrected chi connectivity index (χ3v) is 4.03. The maximum Gasteiger partial charge on any atom is 0.234 e. The number of likely N-dealkylation sites (N-methyl/N-ethyl adjacent to an activating group) is 1. The maximum atomic E-state index is 11.9. The number of nitrogens with zero attached hydrogens (tertiary/aromatic N) is 2. The van der Waals surface area contributed by atoms with Gasteiger partial charge in [0.15, 0.2) is 0 Å². The molecular formula is C16H25N3O3. The predicted molar refractivity (Wildman–Crippen MR) is 84.6 cm³/mol. The van der Waals surface area contributed by atoms with E-state index >= 15 is 0 Å². The van der Waals surface area contributed by atoms with E-state index in [1.54, 1.807) is 18.2 Å². The first-order valence-electron chi connectivity index (χ1n) is 7.77. The first-order valence-corrected chi connectivity index (χ1v) is 7.77. The average molecular weight is 307 g/mol. The molecule has 122 valence electrons. The largest absolute Gasteiger partial charge is 0.508 e. The highest BCUT2D eigenvalue weighted by atomic mass is 16.3. The van der Waals surface area contributed by atoms with Crippen LogP contribution in [0.15, 0.2) is 24.3 Å². The molecule has 0 aliphatic carbocycles. The highest BCUT2D eigenvalue weighted by Gasteiger charge is 2.18. The molecule has 2 rings (SSSR count). The number of piperazine rings is 1. The van der Waals surface area contributed by atoms with Crippen molar-refractivity contribution in [2.45, 2.75) is 13.0 Å². The third-order valence-electron chi connectivity index (χ3n) is 4.03. The van der Waals surface area contributed by atoms with Crippen molar-refractivity contribution >= 4 is 5.91 Å². The summed E-state index contributed by atoms with van der Waals surface area (Å²) in [5.41, 5.74) is 0.594. The molecule has 6 nitrogen and oxygen atoms in total. The number of amides is 1. The Morgan fingerprint density at radius 1 is 1.27 bits per heavy atom. The molecule has 1 aliphatic rings. The number of aliphatic hydroxyl groups excluding tert-OH is 1. The number of carbonyl (C=O) groups excluding carboxylic acids is 1. The molecule has 1 atom stereocenters. The summed E-state index contributed by atoms with van der Waals surface area (Å²) < 4.78 is 0. The van der Waals surface area contributed by atoms with E-state index in [0.717, 1.165) is 32.7 Å². The minimum atomic E-state index is -0.812. The fraction of sp³-hybridized carbons (Fsp3) is 0.562. The zero-order chi connectivity index (χ0) is 15.9. The standard InChI is InChI=1S/C16H25N3O3/c1-2-18-6-8-19(9-7-18)12-16(22)17-11-15(21)13-4-3-5-14(20)10-13/h3-5,10,15,20-21H,2,6-9,11-12H2,1H3,(H,17,22). The molecule has 0 saturated carbocycles. The number of benzene rings is 1. The number of hydrogen-bond acceptors (Lipinski definition) is 5. The molecule has 0 bridgehead atoms. The van der Waals surface area contributed by atoms with Crippen molar-refractivity contribution in [1.82, 2.24) is 15.1 Å². The van der Waals surface area contributed by atoms with Gasteiger partial charge in [0.2, 0.25) is 5.91 Å². The van der Waals surface area contributed by atoms with Gasteiger partial charge in [0.25, 0.3) is 0 Å².